The van der Waals surface area contributed by atoms with Crippen molar-refractivity contribution in [1.82, 2.24) is 0 Å². The molecule has 1 aliphatic rings. The third-order valence-electron chi connectivity index (χ3n) is 3.13. The molecule has 0 bridgehead atoms. The van der Waals surface area contributed by atoms with Crippen molar-refractivity contribution in [3.8, 4) is 0 Å². The van der Waals surface area contributed by atoms with Gasteiger partial charge in [-0.25, -0.2) is 0 Å². The van der Waals surface area contributed by atoms with E-state index in [0.717, 1.165) is 48.9 Å². The van der Waals surface area contributed by atoms with E-state index in [1.807, 2.05) is 0 Å². The van der Waals surface area contributed by atoms with Crippen LogP contribution < -0.4 is 0 Å². The van der Waals surface area contributed by atoms with E-state index in [0.29, 0.717) is 0 Å². The first kappa shape index (κ1) is 20.2. The summed E-state index contributed by atoms with van der Waals surface area (Å²) in [4.78, 5) is 0. The summed E-state index contributed by atoms with van der Waals surface area (Å²) in [5.74, 6) is 0. The van der Waals surface area contributed by atoms with E-state index >= 15 is 0 Å². The summed E-state index contributed by atoms with van der Waals surface area (Å²) in [7, 11) is 0. The van der Waals surface area contributed by atoms with Gasteiger partial charge in [0.1, 0.15) is 0 Å². The van der Waals surface area contributed by atoms with Gasteiger partial charge in [-0.05, 0) is 0 Å². The van der Waals surface area contributed by atoms with Crippen molar-refractivity contribution >= 4 is 71.5 Å². The third kappa shape index (κ3) is 15.8. The zero-order valence-corrected chi connectivity index (χ0v) is 21.9. The minimum absolute atomic E-state index is 1.10. The van der Waals surface area contributed by atoms with Gasteiger partial charge in [0.05, 0.1) is 0 Å². The van der Waals surface area contributed by atoms with Crippen molar-refractivity contribution in [3.63, 3.8) is 0 Å². The van der Waals surface area contributed by atoms with Gasteiger partial charge in [0.15, 0.2) is 0 Å². The Balaban J connectivity index is 2.01. The molecule has 1 saturated heterocycles. The van der Waals surface area contributed by atoms with Crippen LogP contribution in [0.1, 0.15) is 70.6 Å². The average molecular weight is 656 g/mol. The van der Waals surface area contributed by atoms with Crippen LogP contribution in [0.15, 0.2) is 0 Å². The molecule has 0 aliphatic carbocycles. The second-order valence-corrected chi connectivity index (χ2v) is 50.6. The fraction of sp³-hybridized carbons (Fsp3) is 1.00. The molecule has 1 rings (SSSR count). The predicted molar refractivity (Wildman–Crippen MR) is 94.9 cm³/mol. The fourth-order valence-corrected chi connectivity index (χ4v) is 130. The molecule has 1 aliphatic heterocycles. The first-order chi connectivity index (χ1) is 9.50. The summed E-state index contributed by atoms with van der Waals surface area (Å²) in [6.45, 7) is 0. The third-order valence-corrected chi connectivity index (χ3v) is 82.7. The van der Waals surface area contributed by atoms with Gasteiger partial charge in [-0.3, -0.25) is 0 Å². The second kappa shape index (κ2) is 17.5. The van der Waals surface area contributed by atoms with Crippen molar-refractivity contribution in [3.05, 3.63) is 0 Å². The van der Waals surface area contributed by atoms with Crippen molar-refractivity contribution in [2.45, 2.75) is 81.3 Å². The Bertz CT molecular complexity index is 97.8. The summed E-state index contributed by atoms with van der Waals surface area (Å²) in [5.41, 5.74) is 0. The van der Waals surface area contributed by atoms with Crippen molar-refractivity contribution in [2.24, 2.45) is 0 Å². The van der Waals surface area contributed by atoms with Gasteiger partial charge in [0.25, 0.3) is 0 Å². The fourth-order valence-electron chi connectivity index (χ4n) is 2.04. The van der Waals surface area contributed by atoms with Gasteiger partial charge in [0.2, 0.25) is 0 Å². The zero-order valence-electron chi connectivity index (χ0n) is 11.6. The maximum absolute atomic E-state index is 1.63. The molecule has 19 heavy (non-hydrogen) atoms. The van der Waals surface area contributed by atoms with Crippen LogP contribution in [-0.2, 0) is 0 Å². The molecule has 0 atom stereocenters. The molecule has 6 heteroatoms. The van der Waals surface area contributed by atoms with E-state index < -0.39 is 0 Å². The van der Waals surface area contributed by atoms with Gasteiger partial charge in [0, 0.05) is 0 Å². The van der Waals surface area contributed by atoms with Crippen LogP contribution >= 0.6 is 0 Å². The molecule has 0 nitrogen and oxygen atoms in total. The Labute approximate surface area is 151 Å². The van der Waals surface area contributed by atoms with E-state index in [2.05, 4.69) is 0 Å². The summed E-state index contributed by atoms with van der Waals surface area (Å²) in [6.07, 6.45) is 16.9. The molecule has 114 valence electrons. The standard InChI is InChI=1S/C13H26Se6/c1-2-4-6-8-10-12-14-16-18-19-17-15-13-11-9-7-5-3-1/h1-13H2. The first-order valence-corrected chi connectivity index (χ1v) is 31.5. The molecule has 0 amide bonds. The van der Waals surface area contributed by atoms with Crippen LogP contribution in [0.2, 0.25) is 10.6 Å². The minimum atomic E-state index is 1.10. The van der Waals surface area contributed by atoms with Crippen molar-refractivity contribution in [1.29, 1.82) is 0 Å². The molecule has 1 fully saturated rings. The van der Waals surface area contributed by atoms with E-state index in [-0.39, 0.29) is 0 Å². The molecule has 0 spiro atoms. The van der Waals surface area contributed by atoms with Gasteiger partial charge in [-0.15, -0.1) is 0 Å². The molecule has 0 N–H and O–H groups in total. The average Bonchev–Trinajstić information content (AvgIpc) is 2.43. The van der Waals surface area contributed by atoms with Gasteiger partial charge >= 0.3 is 153 Å². The van der Waals surface area contributed by atoms with Crippen LogP contribution in [0.25, 0.3) is 0 Å². The SMILES string of the molecule is C1CCCCCC[Se][Se][Se][Se][Se][Se]CCCCCC1. The Kier molecular flexibility index (Phi) is 18.5. The van der Waals surface area contributed by atoms with Crippen LogP contribution in [0, 0.1) is 0 Å². The monoisotopic (exact) mass is 662 g/mol. The number of rotatable bonds is 0. The quantitative estimate of drug-likeness (QED) is 0.353. The van der Waals surface area contributed by atoms with Gasteiger partial charge in [-0.1, -0.05) is 0 Å². The molecule has 0 unspecified atom stereocenters. The molecule has 0 saturated carbocycles. The Morgan fingerprint density at radius 1 is 0.316 bits per heavy atom. The summed E-state index contributed by atoms with van der Waals surface area (Å²) < 4.78 is 0. The van der Waals surface area contributed by atoms with Gasteiger partial charge in [-0.2, -0.15) is 0 Å². The summed E-state index contributed by atoms with van der Waals surface area (Å²) >= 11 is 6.85. The number of hydrogen-bond donors (Lipinski definition) is 0. The Morgan fingerprint density at radius 3 is 1.00 bits per heavy atom. The molecule has 0 aromatic rings. The van der Waals surface area contributed by atoms with Crippen molar-refractivity contribution < 1.29 is 0 Å². The van der Waals surface area contributed by atoms with Crippen molar-refractivity contribution in [2.75, 3.05) is 0 Å². The van der Waals surface area contributed by atoms with Gasteiger partial charge < -0.3 is 0 Å². The van der Waals surface area contributed by atoms with Crippen LogP contribution in [-0.4, -0.2) is 71.5 Å². The second-order valence-electron chi connectivity index (χ2n) is 4.81. The normalized spacial score (nSPS) is 24.0. The molecular formula is C13H26Se6. The molecule has 1 heterocycles. The molecule has 0 aromatic carbocycles. The first-order valence-electron chi connectivity index (χ1n) is 7.41. The van der Waals surface area contributed by atoms with E-state index in [4.69, 9.17) is 0 Å². The van der Waals surface area contributed by atoms with Crippen LogP contribution in [0.4, 0.5) is 0 Å². The number of hydrogen-bond acceptors (Lipinski definition) is 0. The van der Waals surface area contributed by atoms with Crippen LogP contribution in [0.3, 0.4) is 0 Å². The van der Waals surface area contributed by atoms with E-state index in [1.54, 1.807) is 36.3 Å². The van der Waals surface area contributed by atoms with E-state index in [1.165, 1.54) is 67.6 Å². The maximum atomic E-state index is 1.63. The molecular weight excluding hydrogens is 630 g/mol. The predicted octanol–water partition coefficient (Wildman–Crippen LogP) is 2.93. The van der Waals surface area contributed by atoms with Crippen LogP contribution in [0.5, 0.6) is 0 Å². The molecule has 0 radical (unpaired) electrons. The summed E-state index contributed by atoms with van der Waals surface area (Å²) in [5, 5.41) is 3.26. The Hall–Kier alpha value is 3.12. The Morgan fingerprint density at radius 2 is 0.632 bits per heavy atom. The topological polar surface area (TPSA) is 0 Å². The zero-order chi connectivity index (χ0) is 13.4. The summed E-state index contributed by atoms with van der Waals surface area (Å²) in [6, 6.07) is 0. The molecule has 0 aromatic heterocycles. The van der Waals surface area contributed by atoms with E-state index in [9.17, 15) is 0 Å².